The molecule has 5 nitrogen and oxygen atoms in total. The van der Waals surface area contributed by atoms with E-state index in [2.05, 4.69) is 0 Å². The van der Waals surface area contributed by atoms with Gasteiger partial charge >= 0.3 is 0 Å². The first-order valence-corrected chi connectivity index (χ1v) is 9.28. The van der Waals surface area contributed by atoms with Gasteiger partial charge in [-0.2, -0.15) is 4.31 Å². The Bertz CT molecular complexity index is 662. The Morgan fingerprint density at radius 3 is 3.04 bits per heavy atom. The Morgan fingerprint density at radius 1 is 1.48 bits per heavy atom. The molecule has 2 aliphatic heterocycles. The molecular weight excluding hydrogens is 321 g/mol. The number of hydrogen-bond acceptors (Lipinski definition) is 4. The number of halogens is 1. The second-order valence-electron chi connectivity index (χ2n) is 6.34. The van der Waals surface area contributed by atoms with Gasteiger partial charge in [0.15, 0.2) is 0 Å². The van der Waals surface area contributed by atoms with E-state index < -0.39 is 15.8 Å². The van der Waals surface area contributed by atoms with Crippen molar-refractivity contribution in [3.63, 3.8) is 0 Å². The van der Waals surface area contributed by atoms with E-state index in [1.807, 2.05) is 0 Å². The van der Waals surface area contributed by atoms with Crippen molar-refractivity contribution in [3.8, 4) is 0 Å². The first kappa shape index (κ1) is 16.8. The minimum Gasteiger partial charge on any atom is -0.384 e. The molecule has 0 aliphatic carbocycles. The van der Waals surface area contributed by atoms with Gasteiger partial charge in [-0.1, -0.05) is 6.07 Å². The van der Waals surface area contributed by atoms with Crippen LogP contribution >= 0.6 is 0 Å². The SMILES string of the molecule is COC[C@@]12CCCO[C@@H]1CCN(S(=O)(=O)c1cccc(F)c1)C2. The zero-order chi connectivity index (χ0) is 16.5. The first-order chi connectivity index (χ1) is 11.0. The van der Waals surface area contributed by atoms with Crippen molar-refractivity contribution >= 4 is 10.0 Å². The lowest BCUT2D eigenvalue weighted by molar-refractivity contribution is -0.137. The van der Waals surface area contributed by atoms with Crippen molar-refractivity contribution in [1.29, 1.82) is 0 Å². The fraction of sp³-hybridized carbons (Fsp3) is 0.625. The molecule has 0 saturated carbocycles. The lowest BCUT2D eigenvalue weighted by Gasteiger charge is -2.49. The van der Waals surface area contributed by atoms with Gasteiger partial charge < -0.3 is 9.47 Å². The zero-order valence-corrected chi connectivity index (χ0v) is 14.0. The van der Waals surface area contributed by atoms with E-state index >= 15 is 0 Å². The maximum Gasteiger partial charge on any atom is 0.243 e. The molecule has 0 N–H and O–H groups in total. The van der Waals surface area contributed by atoms with E-state index in [0.29, 0.717) is 32.7 Å². The number of rotatable bonds is 4. The second kappa shape index (κ2) is 6.47. The number of ether oxygens (including phenoxy) is 2. The highest BCUT2D eigenvalue weighted by molar-refractivity contribution is 7.89. The highest BCUT2D eigenvalue weighted by Gasteiger charge is 2.48. The van der Waals surface area contributed by atoms with E-state index in [1.165, 1.54) is 22.5 Å². The highest BCUT2D eigenvalue weighted by atomic mass is 32.2. The molecule has 128 valence electrons. The molecule has 2 heterocycles. The molecule has 0 amide bonds. The van der Waals surface area contributed by atoms with Gasteiger partial charge in [0.1, 0.15) is 5.82 Å². The van der Waals surface area contributed by atoms with Crippen LogP contribution in [0.4, 0.5) is 4.39 Å². The normalized spacial score (nSPS) is 29.2. The largest absolute Gasteiger partial charge is 0.384 e. The van der Waals surface area contributed by atoms with Crippen LogP contribution in [0.15, 0.2) is 29.2 Å². The average Bonchev–Trinajstić information content (AvgIpc) is 2.54. The fourth-order valence-corrected chi connectivity index (χ4v) is 5.31. The maximum absolute atomic E-state index is 13.4. The maximum atomic E-state index is 13.4. The monoisotopic (exact) mass is 343 g/mol. The van der Waals surface area contributed by atoms with Crippen molar-refractivity contribution in [2.75, 3.05) is 33.4 Å². The molecule has 0 radical (unpaired) electrons. The van der Waals surface area contributed by atoms with Crippen LogP contribution < -0.4 is 0 Å². The van der Waals surface area contributed by atoms with Gasteiger partial charge in [0.05, 0.1) is 17.6 Å². The van der Waals surface area contributed by atoms with Crippen LogP contribution in [0.1, 0.15) is 19.3 Å². The first-order valence-electron chi connectivity index (χ1n) is 7.84. The summed E-state index contributed by atoms with van der Waals surface area (Å²) in [6.45, 7) is 1.92. The predicted molar refractivity (Wildman–Crippen MR) is 83.1 cm³/mol. The summed E-state index contributed by atoms with van der Waals surface area (Å²) in [5, 5.41) is 0. The number of methoxy groups -OCH3 is 1. The molecule has 2 saturated heterocycles. The number of nitrogens with zero attached hydrogens (tertiary/aromatic N) is 1. The minimum absolute atomic E-state index is 0.000227. The molecule has 1 aromatic rings. The van der Waals surface area contributed by atoms with E-state index in [-0.39, 0.29) is 16.4 Å². The van der Waals surface area contributed by atoms with Crippen LogP contribution in [-0.4, -0.2) is 52.2 Å². The second-order valence-corrected chi connectivity index (χ2v) is 8.28. The number of benzene rings is 1. The van der Waals surface area contributed by atoms with Crippen LogP contribution in [0.5, 0.6) is 0 Å². The molecule has 1 aromatic carbocycles. The summed E-state index contributed by atoms with van der Waals surface area (Å²) in [5.41, 5.74) is -0.314. The van der Waals surface area contributed by atoms with Gasteiger partial charge in [0.25, 0.3) is 0 Å². The van der Waals surface area contributed by atoms with Gasteiger partial charge in [-0.15, -0.1) is 0 Å². The Morgan fingerprint density at radius 2 is 2.30 bits per heavy atom. The van der Waals surface area contributed by atoms with Crippen LogP contribution in [0, 0.1) is 11.2 Å². The van der Waals surface area contributed by atoms with Gasteiger partial charge in [-0.05, 0) is 37.5 Å². The van der Waals surface area contributed by atoms with Crippen LogP contribution in [0.2, 0.25) is 0 Å². The minimum atomic E-state index is -3.71. The molecule has 3 rings (SSSR count). The van der Waals surface area contributed by atoms with Gasteiger partial charge in [-0.3, -0.25) is 0 Å². The fourth-order valence-electron chi connectivity index (χ4n) is 3.73. The van der Waals surface area contributed by atoms with Crippen molar-refractivity contribution < 1.29 is 22.3 Å². The summed E-state index contributed by atoms with van der Waals surface area (Å²) in [7, 11) is -2.08. The van der Waals surface area contributed by atoms with Crippen LogP contribution in [0.3, 0.4) is 0 Å². The standard InChI is InChI=1S/C16H22FNO4S/c1-21-12-16-7-3-9-22-15(16)6-8-18(11-16)23(19,20)14-5-2-4-13(17)10-14/h2,4-5,10,15H,3,6-9,11-12H2,1H3/t15-,16+/m1/s1. The third kappa shape index (κ3) is 3.15. The summed E-state index contributed by atoms with van der Waals surface area (Å²) in [6.07, 6.45) is 2.43. The van der Waals surface area contributed by atoms with E-state index in [9.17, 15) is 12.8 Å². The Hall–Kier alpha value is -1.02. The van der Waals surface area contributed by atoms with E-state index in [1.54, 1.807) is 7.11 Å². The molecule has 2 atom stereocenters. The quantitative estimate of drug-likeness (QED) is 0.839. The molecule has 0 unspecified atom stereocenters. The van der Waals surface area contributed by atoms with Crippen LogP contribution in [-0.2, 0) is 19.5 Å². The predicted octanol–water partition coefficient (Wildman–Crippen LogP) is 2.03. The van der Waals surface area contributed by atoms with Crippen molar-refractivity contribution in [2.24, 2.45) is 5.41 Å². The molecule has 2 fully saturated rings. The topological polar surface area (TPSA) is 55.8 Å². The Kier molecular flexibility index (Phi) is 4.73. The molecule has 0 spiro atoms. The molecule has 0 bridgehead atoms. The lowest BCUT2D eigenvalue weighted by atomic mass is 9.73. The summed E-state index contributed by atoms with van der Waals surface area (Å²) < 4.78 is 51.8. The molecule has 23 heavy (non-hydrogen) atoms. The zero-order valence-electron chi connectivity index (χ0n) is 13.2. The molecule has 0 aromatic heterocycles. The number of hydrogen-bond donors (Lipinski definition) is 0. The highest BCUT2D eigenvalue weighted by Crippen LogP contribution is 2.41. The molecule has 2 aliphatic rings. The number of fused-ring (bicyclic) bond motifs is 1. The van der Waals surface area contributed by atoms with E-state index in [0.717, 1.165) is 18.9 Å². The van der Waals surface area contributed by atoms with Crippen LogP contribution in [0.25, 0.3) is 0 Å². The van der Waals surface area contributed by atoms with Crippen molar-refractivity contribution in [1.82, 2.24) is 4.31 Å². The van der Waals surface area contributed by atoms with Gasteiger partial charge in [-0.25, -0.2) is 12.8 Å². The summed E-state index contributed by atoms with van der Waals surface area (Å²) >= 11 is 0. The van der Waals surface area contributed by atoms with E-state index in [4.69, 9.17) is 9.47 Å². The Balaban J connectivity index is 1.89. The van der Waals surface area contributed by atoms with Crippen molar-refractivity contribution in [2.45, 2.75) is 30.3 Å². The van der Waals surface area contributed by atoms with Gasteiger partial charge in [0, 0.05) is 32.2 Å². The third-order valence-corrected chi connectivity index (χ3v) is 6.66. The average molecular weight is 343 g/mol. The number of piperidine rings is 1. The molecular formula is C16H22FNO4S. The summed E-state index contributed by atoms with van der Waals surface area (Å²) in [6, 6.07) is 5.17. The third-order valence-electron chi connectivity index (χ3n) is 4.82. The molecule has 7 heteroatoms. The summed E-state index contributed by atoms with van der Waals surface area (Å²) in [4.78, 5) is 0.000227. The lowest BCUT2D eigenvalue weighted by Crippen LogP contribution is -2.57. The van der Waals surface area contributed by atoms with Gasteiger partial charge in [0.2, 0.25) is 10.0 Å². The Labute approximate surface area is 136 Å². The van der Waals surface area contributed by atoms with Crippen molar-refractivity contribution in [3.05, 3.63) is 30.1 Å². The number of sulfonamides is 1. The smallest absolute Gasteiger partial charge is 0.243 e. The summed E-state index contributed by atoms with van der Waals surface area (Å²) in [5.74, 6) is -0.548.